The van der Waals surface area contributed by atoms with E-state index in [9.17, 15) is 9.18 Å². The van der Waals surface area contributed by atoms with E-state index in [1.165, 1.54) is 12.1 Å². The average molecular weight is 326 g/mol. The Balaban J connectivity index is 1.64. The van der Waals surface area contributed by atoms with Gasteiger partial charge in [0.2, 0.25) is 0 Å². The summed E-state index contributed by atoms with van der Waals surface area (Å²) in [5, 5.41) is 4.14. The van der Waals surface area contributed by atoms with Crippen molar-refractivity contribution in [2.45, 2.75) is 19.4 Å². The normalized spacial score (nSPS) is 16.4. The third kappa shape index (κ3) is 3.62. The second kappa shape index (κ2) is 7.25. The second-order valence-electron chi connectivity index (χ2n) is 5.69. The molecule has 2 aromatic carbocycles. The molecule has 1 aliphatic rings. The number of hydrogen-bond acceptors (Lipinski definition) is 3. The van der Waals surface area contributed by atoms with Gasteiger partial charge < -0.3 is 9.74 Å². The molecule has 0 aliphatic carbocycles. The van der Waals surface area contributed by atoms with E-state index in [4.69, 9.17) is 4.84 Å². The Morgan fingerprint density at radius 2 is 2.04 bits per heavy atom. The van der Waals surface area contributed by atoms with Gasteiger partial charge in [-0.2, -0.15) is 0 Å². The summed E-state index contributed by atoms with van der Waals surface area (Å²) in [5.41, 5.74) is 2.26. The van der Waals surface area contributed by atoms with Crippen molar-refractivity contribution in [2.75, 3.05) is 13.1 Å². The molecule has 0 saturated heterocycles. The van der Waals surface area contributed by atoms with Crippen LogP contribution in [0.2, 0.25) is 0 Å². The summed E-state index contributed by atoms with van der Waals surface area (Å²) in [6.45, 7) is 2.84. The van der Waals surface area contributed by atoms with Crippen LogP contribution in [0.25, 0.3) is 0 Å². The summed E-state index contributed by atoms with van der Waals surface area (Å²) in [6, 6.07) is 15.6. The number of carbonyl (C=O) groups excluding carboxylic acids is 1. The van der Waals surface area contributed by atoms with Crippen LogP contribution in [0.5, 0.6) is 0 Å². The lowest BCUT2D eigenvalue weighted by Gasteiger charge is -2.23. The molecule has 0 aromatic heterocycles. The van der Waals surface area contributed by atoms with Gasteiger partial charge in [0.1, 0.15) is 5.82 Å². The summed E-state index contributed by atoms with van der Waals surface area (Å²) in [5.74, 6) is -0.613. The molecule has 1 atom stereocenters. The Kier molecular flexibility index (Phi) is 4.89. The van der Waals surface area contributed by atoms with E-state index in [0.29, 0.717) is 25.1 Å². The maximum atomic E-state index is 13.3. The van der Waals surface area contributed by atoms with Crippen LogP contribution >= 0.6 is 0 Å². The fourth-order valence-corrected chi connectivity index (χ4v) is 2.73. The lowest BCUT2D eigenvalue weighted by Crippen LogP contribution is -2.37. The zero-order valence-corrected chi connectivity index (χ0v) is 13.5. The van der Waals surface area contributed by atoms with Gasteiger partial charge in [-0.25, -0.2) is 4.39 Å². The van der Waals surface area contributed by atoms with Crippen LogP contribution in [0.15, 0.2) is 59.8 Å². The molecule has 1 aliphatic heterocycles. The number of likely N-dealkylation sites (N-methyl/N-ethyl adjacent to an activating group) is 1. The average Bonchev–Trinajstić information content (AvgIpc) is 3.08. The van der Waals surface area contributed by atoms with Gasteiger partial charge in [-0.05, 0) is 30.7 Å². The molecule has 1 heterocycles. The Morgan fingerprint density at radius 1 is 1.25 bits per heavy atom. The SMILES string of the molecule is CCN(CC1CC(c2ccccc2)=NO1)C(=O)c1cccc(F)c1. The second-order valence-corrected chi connectivity index (χ2v) is 5.69. The summed E-state index contributed by atoms with van der Waals surface area (Å²) in [6.07, 6.45) is 0.467. The van der Waals surface area contributed by atoms with Crippen LogP contribution in [0, 0.1) is 5.82 Å². The number of oxime groups is 1. The van der Waals surface area contributed by atoms with Crippen molar-refractivity contribution < 1.29 is 14.0 Å². The first-order valence-corrected chi connectivity index (χ1v) is 8.00. The summed E-state index contributed by atoms with van der Waals surface area (Å²) < 4.78 is 13.3. The predicted octanol–water partition coefficient (Wildman–Crippen LogP) is 3.48. The fourth-order valence-electron chi connectivity index (χ4n) is 2.73. The van der Waals surface area contributed by atoms with Gasteiger partial charge in [-0.1, -0.05) is 41.6 Å². The summed E-state index contributed by atoms with van der Waals surface area (Å²) >= 11 is 0. The number of hydrogen-bond donors (Lipinski definition) is 0. The van der Waals surface area contributed by atoms with Crippen LogP contribution < -0.4 is 0 Å². The molecule has 1 unspecified atom stereocenters. The van der Waals surface area contributed by atoms with E-state index in [-0.39, 0.29) is 12.0 Å². The maximum Gasteiger partial charge on any atom is 0.254 e. The van der Waals surface area contributed by atoms with Crippen LogP contribution in [-0.4, -0.2) is 35.7 Å². The van der Waals surface area contributed by atoms with Crippen molar-refractivity contribution in [3.05, 3.63) is 71.5 Å². The molecule has 3 rings (SSSR count). The van der Waals surface area contributed by atoms with Crippen LogP contribution in [-0.2, 0) is 4.84 Å². The van der Waals surface area contributed by atoms with Crippen molar-refractivity contribution in [3.8, 4) is 0 Å². The zero-order valence-electron chi connectivity index (χ0n) is 13.5. The quantitative estimate of drug-likeness (QED) is 0.844. The van der Waals surface area contributed by atoms with Gasteiger partial charge in [0.15, 0.2) is 6.10 Å². The van der Waals surface area contributed by atoms with E-state index in [1.54, 1.807) is 17.0 Å². The third-order valence-electron chi connectivity index (χ3n) is 4.00. The highest BCUT2D eigenvalue weighted by atomic mass is 19.1. The fraction of sp³-hybridized carbons (Fsp3) is 0.263. The molecular weight excluding hydrogens is 307 g/mol. The van der Waals surface area contributed by atoms with Crippen LogP contribution in [0.3, 0.4) is 0 Å². The van der Waals surface area contributed by atoms with E-state index >= 15 is 0 Å². The number of amides is 1. The van der Waals surface area contributed by atoms with E-state index < -0.39 is 5.82 Å². The third-order valence-corrected chi connectivity index (χ3v) is 4.00. The largest absolute Gasteiger partial charge is 0.390 e. The highest BCUT2D eigenvalue weighted by Crippen LogP contribution is 2.18. The minimum absolute atomic E-state index is 0.183. The molecule has 2 aromatic rings. The summed E-state index contributed by atoms with van der Waals surface area (Å²) in [7, 11) is 0. The van der Waals surface area contributed by atoms with Crippen LogP contribution in [0.1, 0.15) is 29.3 Å². The van der Waals surface area contributed by atoms with Gasteiger partial charge >= 0.3 is 0 Å². The molecule has 1 amide bonds. The van der Waals surface area contributed by atoms with Gasteiger partial charge in [-0.15, -0.1) is 0 Å². The van der Waals surface area contributed by atoms with E-state index in [0.717, 1.165) is 11.3 Å². The van der Waals surface area contributed by atoms with Crippen LogP contribution in [0.4, 0.5) is 4.39 Å². The number of nitrogens with zero attached hydrogens (tertiary/aromatic N) is 2. The molecule has 0 N–H and O–H groups in total. The van der Waals surface area contributed by atoms with Crippen molar-refractivity contribution in [1.29, 1.82) is 0 Å². The predicted molar refractivity (Wildman–Crippen MR) is 90.4 cm³/mol. The lowest BCUT2D eigenvalue weighted by atomic mass is 10.0. The molecule has 0 spiro atoms. The van der Waals surface area contributed by atoms with Crippen molar-refractivity contribution in [3.63, 3.8) is 0 Å². The lowest BCUT2D eigenvalue weighted by molar-refractivity contribution is 0.0435. The van der Waals surface area contributed by atoms with Crippen molar-refractivity contribution >= 4 is 11.6 Å². The standard InChI is InChI=1S/C19H19FN2O2/c1-2-22(19(23)15-9-6-10-16(20)11-15)13-17-12-18(21-24-17)14-7-4-3-5-8-14/h3-11,17H,2,12-13H2,1H3. The van der Waals surface area contributed by atoms with Gasteiger partial charge in [-0.3, -0.25) is 4.79 Å². The number of halogens is 1. The first-order valence-electron chi connectivity index (χ1n) is 8.00. The minimum Gasteiger partial charge on any atom is -0.390 e. The number of benzene rings is 2. The topological polar surface area (TPSA) is 41.9 Å². The van der Waals surface area contributed by atoms with Gasteiger partial charge in [0, 0.05) is 18.5 Å². The minimum atomic E-state index is -0.413. The van der Waals surface area contributed by atoms with Gasteiger partial charge in [0.25, 0.3) is 5.91 Å². The number of rotatable bonds is 5. The van der Waals surface area contributed by atoms with E-state index in [2.05, 4.69) is 5.16 Å². The molecule has 0 saturated carbocycles. The Labute approximate surface area is 140 Å². The number of carbonyl (C=O) groups is 1. The molecule has 5 heteroatoms. The van der Waals surface area contributed by atoms with Crippen molar-refractivity contribution in [2.24, 2.45) is 5.16 Å². The smallest absolute Gasteiger partial charge is 0.254 e. The Bertz CT molecular complexity index is 746. The molecular formula is C19H19FN2O2. The maximum absolute atomic E-state index is 13.3. The highest BCUT2D eigenvalue weighted by molar-refractivity contribution is 6.01. The highest BCUT2D eigenvalue weighted by Gasteiger charge is 2.26. The Morgan fingerprint density at radius 3 is 2.75 bits per heavy atom. The molecule has 24 heavy (non-hydrogen) atoms. The van der Waals surface area contributed by atoms with Crippen molar-refractivity contribution in [1.82, 2.24) is 4.90 Å². The molecule has 0 radical (unpaired) electrons. The zero-order chi connectivity index (χ0) is 16.9. The molecule has 0 bridgehead atoms. The van der Waals surface area contributed by atoms with E-state index in [1.807, 2.05) is 37.3 Å². The molecule has 0 fully saturated rings. The Hall–Kier alpha value is -2.69. The molecule has 124 valence electrons. The monoisotopic (exact) mass is 326 g/mol. The first kappa shape index (κ1) is 16.2. The van der Waals surface area contributed by atoms with Gasteiger partial charge in [0.05, 0.1) is 12.3 Å². The molecule has 4 nitrogen and oxygen atoms in total. The first-order chi connectivity index (χ1) is 11.7. The summed E-state index contributed by atoms with van der Waals surface area (Å²) in [4.78, 5) is 19.7.